The van der Waals surface area contributed by atoms with E-state index in [1.165, 1.54) is 25.7 Å². The Morgan fingerprint density at radius 2 is 1.78 bits per heavy atom. The van der Waals surface area contributed by atoms with Gasteiger partial charge < -0.3 is 10.4 Å². The van der Waals surface area contributed by atoms with Crippen molar-refractivity contribution in [2.75, 3.05) is 0 Å². The highest BCUT2D eigenvalue weighted by Crippen LogP contribution is 2.58. The molecule has 2 N–H and O–H groups in total. The summed E-state index contributed by atoms with van der Waals surface area (Å²) >= 11 is 0. The van der Waals surface area contributed by atoms with Crippen LogP contribution in [-0.4, -0.2) is 23.0 Å². The first kappa shape index (κ1) is 14.7. The van der Waals surface area contributed by atoms with Gasteiger partial charge in [0.2, 0.25) is 5.91 Å². The van der Waals surface area contributed by atoms with Crippen LogP contribution < -0.4 is 5.32 Å². The van der Waals surface area contributed by atoms with Crippen molar-refractivity contribution in [2.45, 2.75) is 44.6 Å². The zero-order valence-corrected chi connectivity index (χ0v) is 13.2. The number of fused-ring (bicyclic) bond motifs is 5. The Labute approximate surface area is 136 Å². The maximum absolute atomic E-state index is 12.3. The topological polar surface area (TPSA) is 66.4 Å². The van der Waals surface area contributed by atoms with Crippen LogP contribution in [0.1, 0.15) is 48.0 Å². The molecule has 1 amide bonds. The summed E-state index contributed by atoms with van der Waals surface area (Å²) in [5, 5.41) is 12.2. The molecule has 4 nitrogen and oxygen atoms in total. The molecule has 3 aliphatic carbocycles. The van der Waals surface area contributed by atoms with Gasteiger partial charge in [-0.2, -0.15) is 0 Å². The van der Waals surface area contributed by atoms with Crippen molar-refractivity contribution >= 4 is 11.9 Å². The van der Waals surface area contributed by atoms with E-state index in [9.17, 15) is 9.59 Å². The summed E-state index contributed by atoms with van der Waals surface area (Å²) in [5.41, 5.74) is 1.13. The van der Waals surface area contributed by atoms with Crippen LogP contribution >= 0.6 is 0 Å². The number of carbonyl (C=O) groups excluding carboxylic acids is 1. The number of hydrogen-bond acceptors (Lipinski definition) is 2. The molecule has 3 fully saturated rings. The number of benzene rings is 1. The second-order valence-electron chi connectivity index (χ2n) is 7.51. The molecule has 0 spiro atoms. The molecule has 0 aromatic heterocycles. The summed E-state index contributed by atoms with van der Waals surface area (Å²) in [4.78, 5) is 23.2. The average Bonchev–Trinajstić information content (AvgIpc) is 3.19. The fraction of sp³-hybridized carbons (Fsp3) is 0.579. The molecule has 1 aromatic rings. The van der Waals surface area contributed by atoms with Gasteiger partial charge in [-0.25, -0.2) is 4.79 Å². The lowest BCUT2D eigenvalue weighted by Gasteiger charge is -2.32. The SMILES string of the molecule is O=C(Cc1ccc(C(=O)O)cc1)NC1CC2CC1C1CCCC21. The monoisotopic (exact) mass is 313 g/mol. The van der Waals surface area contributed by atoms with Gasteiger partial charge in [-0.1, -0.05) is 18.6 Å². The average molecular weight is 313 g/mol. The van der Waals surface area contributed by atoms with E-state index in [1.807, 2.05) is 0 Å². The third-order valence-corrected chi connectivity index (χ3v) is 6.34. The van der Waals surface area contributed by atoms with Crippen LogP contribution in [0.3, 0.4) is 0 Å². The van der Waals surface area contributed by atoms with Gasteiger partial charge in [-0.3, -0.25) is 4.79 Å². The number of aromatic carboxylic acids is 1. The fourth-order valence-corrected chi connectivity index (χ4v) is 5.44. The fourth-order valence-electron chi connectivity index (χ4n) is 5.44. The molecule has 5 unspecified atom stereocenters. The molecular formula is C19H23NO3. The largest absolute Gasteiger partial charge is 0.478 e. The molecule has 3 saturated carbocycles. The molecule has 0 saturated heterocycles. The van der Waals surface area contributed by atoms with Crippen molar-refractivity contribution in [2.24, 2.45) is 23.7 Å². The van der Waals surface area contributed by atoms with E-state index in [4.69, 9.17) is 5.11 Å². The maximum atomic E-state index is 12.3. The summed E-state index contributed by atoms with van der Waals surface area (Å²) in [6.07, 6.45) is 6.95. The Balaban J connectivity index is 1.35. The summed E-state index contributed by atoms with van der Waals surface area (Å²) < 4.78 is 0. The summed E-state index contributed by atoms with van der Waals surface area (Å²) in [6, 6.07) is 6.95. The lowest BCUT2D eigenvalue weighted by Crippen LogP contribution is -2.43. The zero-order valence-electron chi connectivity index (χ0n) is 13.2. The molecule has 0 aliphatic heterocycles. The Bertz CT molecular complexity index is 624. The number of carbonyl (C=O) groups is 2. The van der Waals surface area contributed by atoms with E-state index in [2.05, 4.69) is 5.32 Å². The van der Waals surface area contributed by atoms with Crippen LogP contribution in [0, 0.1) is 23.7 Å². The van der Waals surface area contributed by atoms with Crippen molar-refractivity contribution in [3.8, 4) is 0 Å². The zero-order chi connectivity index (χ0) is 16.0. The van der Waals surface area contributed by atoms with E-state index in [1.54, 1.807) is 24.3 Å². The Kier molecular flexibility index (Phi) is 3.63. The van der Waals surface area contributed by atoms with Crippen molar-refractivity contribution in [3.05, 3.63) is 35.4 Å². The second kappa shape index (κ2) is 5.66. The van der Waals surface area contributed by atoms with Crippen molar-refractivity contribution in [3.63, 3.8) is 0 Å². The molecule has 4 heteroatoms. The lowest BCUT2D eigenvalue weighted by atomic mass is 9.79. The van der Waals surface area contributed by atoms with E-state index in [0.29, 0.717) is 18.4 Å². The Morgan fingerprint density at radius 1 is 1.04 bits per heavy atom. The van der Waals surface area contributed by atoms with Gasteiger partial charge in [-0.15, -0.1) is 0 Å². The molecule has 0 heterocycles. The predicted molar refractivity (Wildman–Crippen MR) is 86.1 cm³/mol. The second-order valence-corrected chi connectivity index (χ2v) is 7.51. The van der Waals surface area contributed by atoms with Crippen LogP contribution in [0.5, 0.6) is 0 Å². The van der Waals surface area contributed by atoms with Gasteiger partial charge in [0.1, 0.15) is 0 Å². The summed E-state index contributed by atoms with van der Waals surface area (Å²) in [7, 11) is 0. The highest BCUT2D eigenvalue weighted by atomic mass is 16.4. The van der Waals surface area contributed by atoms with E-state index >= 15 is 0 Å². The van der Waals surface area contributed by atoms with Gasteiger partial charge >= 0.3 is 5.97 Å². The number of carboxylic acid groups (broad SMARTS) is 1. The van der Waals surface area contributed by atoms with Gasteiger partial charge in [0.15, 0.2) is 0 Å². The van der Waals surface area contributed by atoms with Gasteiger partial charge in [0.25, 0.3) is 0 Å². The van der Waals surface area contributed by atoms with E-state index in [-0.39, 0.29) is 11.5 Å². The standard InChI is InChI=1S/C19H23NO3/c21-18(8-11-4-6-12(7-5-11)19(22)23)20-17-10-13-9-16(17)15-3-1-2-14(13)15/h4-7,13-17H,1-3,8-10H2,(H,20,21)(H,22,23). The van der Waals surface area contributed by atoms with Gasteiger partial charge in [0.05, 0.1) is 12.0 Å². The Morgan fingerprint density at radius 3 is 2.52 bits per heavy atom. The highest BCUT2D eigenvalue weighted by molar-refractivity contribution is 5.87. The third-order valence-electron chi connectivity index (χ3n) is 6.34. The smallest absolute Gasteiger partial charge is 0.335 e. The van der Waals surface area contributed by atoms with Crippen LogP contribution in [0.15, 0.2) is 24.3 Å². The molecular weight excluding hydrogens is 290 g/mol. The number of carboxylic acids is 1. The maximum Gasteiger partial charge on any atom is 0.335 e. The molecule has 4 rings (SSSR count). The minimum atomic E-state index is -0.936. The number of hydrogen-bond donors (Lipinski definition) is 2. The van der Waals surface area contributed by atoms with Gasteiger partial charge in [-0.05, 0) is 67.1 Å². The Hall–Kier alpha value is -1.84. The van der Waals surface area contributed by atoms with Crippen LogP contribution in [0.4, 0.5) is 0 Å². The third kappa shape index (κ3) is 2.64. The lowest BCUT2D eigenvalue weighted by molar-refractivity contribution is -0.121. The molecule has 0 radical (unpaired) electrons. The number of nitrogens with one attached hydrogen (secondary N) is 1. The molecule has 23 heavy (non-hydrogen) atoms. The summed E-state index contributed by atoms with van der Waals surface area (Å²) in [5.74, 6) is 2.47. The first-order chi connectivity index (χ1) is 11.1. The molecule has 2 bridgehead atoms. The minimum absolute atomic E-state index is 0.0696. The highest BCUT2D eigenvalue weighted by Gasteiger charge is 2.53. The first-order valence-corrected chi connectivity index (χ1v) is 8.73. The van der Waals surface area contributed by atoms with E-state index < -0.39 is 5.97 Å². The molecule has 3 aliphatic rings. The van der Waals surface area contributed by atoms with Crippen LogP contribution in [0.25, 0.3) is 0 Å². The van der Waals surface area contributed by atoms with Crippen molar-refractivity contribution in [1.82, 2.24) is 5.32 Å². The molecule has 1 aromatic carbocycles. The normalized spacial score (nSPS) is 34.3. The van der Waals surface area contributed by atoms with Crippen molar-refractivity contribution in [1.29, 1.82) is 0 Å². The van der Waals surface area contributed by atoms with Crippen molar-refractivity contribution < 1.29 is 14.7 Å². The predicted octanol–water partition coefficient (Wildman–Crippen LogP) is 2.87. The van der Waals surface area contributed by atoms with Crippen LogP contribution in [0.2, 0.25) is 0 Å². The van der Waals surface area contributed by atoms with E-state index in [0.717, 1.165) is 29.7 Å². The van der Waals surface area contributed by atoms with Gasteiger partial charge in [0, 0.05) is 6.04 Å². The quantitative estimate of drug-likeness (QED) is 0.898. The molecule has 5 atom stereocenters. The number of amides is 1. The van der Waals surface area contributed by atoms with Crippen LogP contribution in [-0.2, 0) is 11.2 Å². The number of rotatable bonds is 4. The molecule has 122 valence electrons. The minimum Gasteiger partial charge on any atom is -0.478 e. The summed E-state index contributed by atoms with van der Waals surface area (Å²) in [6.45, 7) is 0. The first-order valence-electron chi connectivity index (χ1n) is 8.73.